The van der Waals surface area contributed by atoms with Crippen LogP contribution in [0.15, 0.2) is 28.4 Å². The predicted octanol–water partition coefficient (Wildman–Crippen LogP) is 0.202. The Balaban J connectivity index is 1.83. The molecule has 5 atom stereocenters. The molecular formula is C18H23FN4O4S. The summed E-state index contributed by atoms with van der Waals surface area (Å²) >= 11 is 1.19. The van der Waals surface area contributed by atoms with E-state index < -0.39 is 36.0 Å². The van der Waals surface area contributed by atoms with Crippen molar-refractivity contribution in [2.75, 3.05) is 6.61 Å². The molecule has 3 rings (SSSR count). The van der Waals surface area contributed by atoms with Gasteiger partial charge in [0.1, 0.15) is 28.7 Å². The van der Waals surface area contributed by atoms with E-state index in [1.807, 2.05) is 0 Å². The number of carbonyl (C=O) groups excluding carboxylic acids is 1. The van der Waals surface area contributed by atoms with Crippen molar-refractivity contribution in [3.05, 3.63) is 34.1 Å². The highest BCUT2D eigenvalue weighted by molar-refractivity contribution is 7.10. The highest BCUT2D eigenvalue weighted by atomic mass is 32.1. The number of aliphatic imine (C=N–C) groups is 1. The Labute approximate surface area is 165 Å². The van der Waals surface area contributed by atoms with Crippen LogP contribution in [0.3, 0.4) is 0 Å². The third-order valence-electron chi connectivity index (χ3n) is 5.10. The van der Waals surface area contributed by atoms with Gasteiger partial charge in [-0.25, -0.2) is 9.37 Å². The number of carbonyl (C=O) groups is 1. The van der Waals surface area contributed by atoms with Crippen LogP contribution < -0.4 is 11.5 Å². The van der Waals surface area contributed by atoms with Gasteiger partial charge in [0, 0.05) is 24.3 Å². The normalized spacial score (nSPS) is 29.4. The average Bonchev–Trinajstić information content (AvgIpc) is 3.23. The molecule has 5 unspecified atom stereocenters. The molecule has 0 radical (unpaired) electrons. The first-order valence-corrected chi connectivity index (χ1v) is 9.80. The maximum atomic E-state index is 13.2. The van der Waals surface area contributed by atoms with Crippen LogP contribution in [0.5, 0.6) is 0 Å². The minimum absolute atomic E-state index is 0.105. The first kappa shape index (κ1) is 20.6. The van der Waals surface area contributed by atoms with Gasteiger partial charge in [0.15, 0.2) is 0 Å². The third kappa shape index (κ3) is 4.14. The van der Waals surface area contributed by atoms with Gasteiger partial charge in [-0.3, -0.25) is 9.79 Å². The van der Waals surface area contributed by atoms with Gasteiger partial charge in [-0.2, -0.15) is 0 Å². The van der Waals surface area contributed by atoms with Gasteiger partial charge in [-0.15, -0.1) is 11.3 Å². The topological polar surface area (TPSA) is 155 Å². The third-order valence-corrected chi connectivity index (χ3v) is 6.01. The summed E-state index contributed by atoms with van der Waals surface area (Å²) in [5.41, 5.74) is 13.0. The zero-order valence-electron chi connectivity index (χ0n) is 15.0. The number of nitrogens with two attached hydrogens (primary N) is 2. The fourth-order valence-corrected chi connectivity index (χ4v) is 4.42. The summed E-state index contributed by atoms with van der Waals surface area (Å²) in [5, 5.41) is 31.4. The van der Waals surface area contributed by atoms with Crippen LogP contribution >= 0.6 is 11.3 Å². The summed E-state index contributed by atoms with van der Waals surface area (Å²) < 4.78 is 13.2. The number of hydrogen-bond acceptors (Lipinski definition) is 7. The van der Waals surface area contributed by atoms with Gasteiger partial charge in [0.05, 0.1) is 17.8 Å². The summed E-state index contributed by atoms with van der Waals surface area (Å²) in [6.07, 6.45) is 1.78. The Morgan fingerprint density at radius 1 is 1.32 bits per heavy atom. The van der Waals surface area contributed by atoms with Gasteiger partial charge in [-0.05, 0) is 24.5 Å². The smallest absolute Gasteiger partial charge is 0.235 e. The first-order chi connectivity index (χ1) is 13.3. The molecular weight excluding hydrogens is 387 g/mol. The lowest BCUT2D eigenvalue weighted by Crippen LogP contribution is -2.36. The summed E-state index contributed by atoms with van der Waals surface area (Å²) in [4.78, 5) is 20.6. The van der Waals surface area contributed by atoms with Gasteiger partial charge < -0.3 is 26.8 Å². The number of nitrogens with zero attached hydrogens (tertiary/aromatic N) is 2. The SMILES string of the molecule is NC(=O)C(C(N)=NC1CC(CO)C(O)C1O)c1nc(C2=CC=C(F)CC2)cs1. The highest BCUT2D eigenvalue weighted by Crippen LogP contribution is 2.32. The second kappa shape index (κ2) is 8.48. The predicted molar refractivity (Wildman–Crippen MR) is 103 cm³/mol. The number of aliphatic hydroxyl groups is 3. The molecule has 0 saturated heterocycles. The summed E-state index contributed by atoms with van der Waals surface area (Å²) in [6.45, 7) is -0.288. The molecule has 1 saturated carbocycles. The van der Waals surface area contributed by atoms with Crippen molar-refractivity contribution in [2.24, 2.45) is 22.4 Å². The second-order valence-electron chi connectivity index (χ2n) is 6.99. The molecule has 152 valence electrons. The zero-order valence-corrected chi connectivity index (χ0v) is 15.8. The first-order valence-electron chi connectivity index (χ1n) is 8.92. The van der Waals surface area contributed by atoms with Crippen LogP contribution in [-0.4, -0.2) is 56.9 Å². The Morgan fingerprint density at radius 3 is 2.64 bits per heavy atom. The van der Waals surface area contributed by atoms with E-state index >= 15 is 0 Å². The fourth-order valence-electron chi connectivity index (χ4n) is 3.46. The van der Waals surface area contributed by atoms with Crippen LogP contribution in [0.2, 0.25) is 0 Å². The number of halogens is 1. The molecule has 2 aliphatic carbocycles. The minimum atomic E-state index is -1.19. The summed E-state index contributed by atoms with van der Waals surface area (Å²) in [6, 6.07) is -0.748. The maximum Gasteiger partial charge on any atom is 0.235 e. The maximum absolute atomic E-state index is 13.2. The standard InChI is InChI=1S/C18H23FN4O4S/c19-10-3-1-8(2-4-10)12-7-28-18(23-12)13(17(21)27)16(20)22-11-5-9(6-24)14(25)15(11)26/h1,3,7,9,11,13-15,24-26H,2,4-6H2,(H2,20,22)(H2,21,27). The molecule has 1 heterocycles. The number of allylic oxidation sites excluding steroid dienone is 4. The van der Waals surface area contributed by atoms with Crippen LogP contribution in [0.4, 0.5) is 4.39 Å². The van der Waals surface area contributed by atoms with Crippen molar-refractivity contribution in [3.63, 3.8) is 0 Å². The van der Waals surface area contributed by atoms with Gasteiger partial charge >= 0.3 is 0 Å². The van der Waals surface area contributed by atoms with Crippen molar-refractivity contribution in [1.82, 2.24) is 4.98 Å². The number of hydrogen-bond donors (Lipinski definition) is 5. The van der Waals surface area contributed by atoms with Gasteiger partial charge in [-0.1, -0.05) is 6.08 Å². The summed E-state index contributed by atoms with van der Waals surface area (Å²) in [7, 11) is 0. The highest BCUT2D eigenvalue weighted by Gasteiger charge is 2.41. The van der Waals surface area contributed by atoms with Crippen LogP contribution in [0, 0.1) is 5.92 Å². The number of aliphatic hydroxyl groups excluding tert-OH is 3. The van der Waals surface area contributed by atoms with Crippen molar-refractivity contribution >= 4 is 28.7 Å². The largest absolute Gasteiger partial charge is 0.396 e. The Hall–Kier alpha value is -2.14. The van der Waals surface area contributed by atoms with Crippen molar-refractivity contribution < 1.29 is 24.5 Å². The molecule has 0 aromatic carbocycles. The van der Waals surface area contributed by atoms with E-state index in [0.29, 0.717) is 23.5 Å². The number of rotatable bonds is 6. The molecule has 1 aromatic heterocycles. The minimum Gasteiger partial charge on any atom is -0.396 e. The molecule has 7 N–H and O–H groups in total. The summed E-state index contributed by atoms with van der Waals surface area (Å²) in [5.74, 6) is -2.62. The average molecular weight is 410 g/mol. The quantitative estimate of drug-likeness (QED) is 0.333. The molecule has 8 nitrogen and oxygen atoms in total. The van der Waals surface area contributed by atoms with E-state index in [1.54, 1.807) is 11.5 Å². The second-order valence-corrected chi connectivity index (χ2v) is 7.88. The van der Waals surface area contributed by atoms with Crippen molar-refractivity contribution in [1.29, 1.82) is 0 Å². The number of primary amides is 1. The molecule has 10 heteroatoms. The van der Waals surface area contributed by atoms with Gasteiger partial charge in [0.2, 0.25) is 5.91 Å². The lowest BCUT2D eigenvalue weighted by atomic mass is 10.0. The lowest BCUT2D eigenvalue weighted by Gasteiger charge is -2.16. The van der Waals surface area contributed by atoms with E-state index in [1.165, 1.54) is 17.4 Å². The molecule has 0 aliphatic heterocycles. The van der Waals surface area contributed by atoms with E-state index in [9.17, 15) is 24.5 Å². The van der Waals surface area contributed by atoms with E-state index in [4.69, 9.17) is 11.5 Å². The molecule has 1 aromatic rings. The van der Waals surface area contributed by atoms with Crippen LogP contribution in [-0.2, 0) is 4.79 Å². The number of aromatic nitrogens is 1. The lowest BCUT2D eigenvalue weighted by molar-refractivity contribution is -0.118. The van der Waals surface area contributed by atoms with Crippen LogP contribution in [0.25, 0.3) is 5.57 Å². The Morgan fingerprint density at radius 2 is 2.07 bits per heavy atom. The monoisotopic (exact) mass is 410 g/mol. The van der Waals surface area contributed by atoms with Gasteiger partial charge in [0.25, 0.3) is 0 Å². The zero-order chi connectivity index (χ0) is 20.4. The van der Waals surface area contributed by atoms with E-state index in [-0.39, 0.29) is 24.7 Å². The van der Waals surface area contributed by atoms with Crippen LogP contribution in [0.1, 0.15) is 35.9 Å². The Kier molecular flexibility index (Phi) is 6.23. The Bertz CT molecular complexity index is 837. The molecule has 0 bridgehead atoms. The molecule has 2 aliphatic rings. The van der Waals surface area contributed by atoms with E-state index in [2.05, 4.69) is 9.98 Å². The van der Waals surface area contributed by atoms with Crippen molar-refractivity contribution in [3.8, 4) is 0 Å². The number of amidine groups is 1. The molecule has 1 amide bonds. The molecule has 1 fully saturated rings. The number of thiazole rings is 1. The fraction of sp³-hybridized carbons (Fsp3) is 0.500. The van der Waals surface area contributed by atoms with Crippen molar-refractivity contribution in [2.45, 2.75) is 43.4 Å². The number of amides is 1. The molecule has 0 spiro atoms. The van der Waals surface area contributed by atoms with E-state index in [0.717, 1.165) is 5.57 Å². The molecule has 28 heavy (non-hydrogen) atoms.